The predicted octanol–water partition coefficient (Wildman–Crippen LogP) is 3.66. The van der Waals surface area contributed by atoms with Crippen LogP contribution in [-0.4, -0.2) is 25.7 Å². The summed E-state index contributed by atoms with van der Waals surface area (Å²) in [5, 5.41) is 4.99. The molecule has 3 aromatic heterocycles. The first-order valence-corrected chi connectivity index (χ1v) is 8.87. The molecule has 0 radical (unpaired) electrons. The molecule has 0 spiro atoms. The number of carbonyl (C=O) groups excluding carboxylic acids is 1. The molecular weight excluding hydrogens is 376 g/mol. The largest absolute Gasteiger partial charge is 0.364 e. The molecule has 146 valence electrons. The van der Waals surface area contributed by atoms with E-state index in [0.29, 0.717) is 11.1 Å². The lowest BCUT2D eigenvalue weighted by molar-refractivity contribution is 0.0996. The Hall–Kier alpha value is -3.68. The first kappa shape index (κ1) is 18.7. The third-order valence-corrected chi connectivity index (χ3v) is 4.67. The lowest BCUT2D eigenvalue weighted by Gasteiger charge is -2.11. The average Bonchev–Trinajstić information content (AvgIpc) is 3.13. The minimum atomic E-state index is -2.65. The van der Waals surface area contributed by atoms with Gasteiger partial charge in [-0.1, -0.05) is 18.2 Å². The quantitative estimate of drug-likeness (QED) is 0.561. The van der Waals surface area contributed by atoms with Crippen LogP contribution in [0.1, 0.15) is 33.7 Å². The average molecular weight is 393 g/mol. The van der Waals surface area contributed by atoms with E-state index < -0.39 is 12.3 Å². The van der Waals surface area contributed by atoms with Crippen LogP contribution in [0.15, 0.2) is 55.0 Å². The monoisotopic (exact) mass is 393 g/mol. The van der Waals surface area contributed by atoms with Gasteiger partial charge in [0, 0.05) is 30.4 Å². The molecule has 0 aliphatic heterocycles. The number of aromatic nitrogens is 4. The molecule has 0 aliphatic carbocycles. The molecule has 6 nitrogen and oxygen atoms in total. The maximum atomic E-state index is 13.2. The van der Waals surface area contributed by atoms with Gasteiger partial charge in [-0.15, -0.1) is 0 Å². The zero-order valence-corrected chi connectivity index (χ0v) is 15.5. The smallest absolute Gasteiger partial charge is 0.280 e. The van der Waals surface area contributed by atoms with Gasteiger partial charge in [0.05, 0.1) is 11.7 Å². The number of alkyl halides is 2. The van der Waals surface area contributed by atoms with Crippen molar-refractivity contribution in [1.29, 1.82) is 0 Å². The fraction of sp³-hybridized carbons (Fsp3) is 0.143. The number of nitrogens with zero attached hydrogens (tertiary/aromatic N) is 4. The third-order valence-electron chi connectivity index (χ3n) is 4.67. The molecule has 0 bridgehead atoms. The molecule has 0 fully saturated rings. The Labute approximate surface area is 165 Å². The maximum absolute atomic E-state index is 13.2. The van der Waals surface area contributed by atoms with Crippen molar-refractivity contribution in [3.8, 4) is 11.1 Å². The van der Waals surface area contributed by atoms with Gasteiger partial charge in [-0.2, -0.15) is 5.10 Å². The fourth-order valence-corrected chi connectivity index (χ4v) is 3.33. The summed E-state index contributed by atoms with van der Waals surface area (Å²) in [7, 11) is 1.80. The molecule has 0 atom stereocenters. The minimum Gasteiger partial charge on any atom is -0.364 e. The van der Waals surface area contributed by atoms with Crippen LogP contribution in [0.5, 0.6) is 0 Å². The standard InChI is InChI=1S/C21H17F2N5O/c1-28-11-14(10-26-28)16-9-18(21(24)29)27-17-8-12(4-5-15(16)17)7-13-3-2-6-25-19(13)20(22)23/h2-6,8-11,20H,7H2,1H3,(H2,24,29). The summed E-state index contributed by atoms with van der Waals surface area (Å²) in [6, 6.07) is 10.4. The second kappa shape index (κ2) is 7.38. The van der Waals surface area contributed by atoms with Gasteiger partial charge in [-0.05, 0) is 41.3 Å². The number of hydrogen-bond acceptors (Lipinski definition) is 4. The highest BCUT2D eigenvalue weighted by molar-refractivity contribution is 6.00. The third kappa shape index (κ3) is 3.69. The fourth-order valence-electron chi connectivity index (χ4n) is 3.33. The summed E-state index contributed by atoms with van der Waals surface area (Å²) in [5.74, 6) is -0.644. The molecule has 0 unspecified atom stereocenters. The van der Waals surface area contributed by atoms with Crippen LogP contribution in [0.3, 0.4) is 0 Å². The van der Waals surface area contributed by atoms with E-state index in [2.05, 4.69) is 15.1 Å². The molecule has 8 heteroatoms. The zero-order chi connectivity index (χ0) is 20.5. The number of carbonyl (C=O) groups is 1. The molecule has 1 aromatic carbocycles. The Morgan fingerprint density at radius 2 is 2.07 bits per heavy atom. The summed E-state index contributed by atoms with van der Waals surface area (Å²) in [6.45, 7) is 0. The molecule has 2 N–H and O–H groups in total. The lowest BCUT2D eigenvalue weighted by Crippen LogP contribution is -2.13. The topological polar surface area (TPSA) is 86.7 Å². The number of hydrogen-bond donors (Lipinski definition) is 1. The second-order valence-corrected chi connectivity index (χ2v) is 6.70. The van der Waals surface area contributed by atoms with Crippen molar-refractivity contribution in [3.63, 3.8) is 0 Å². The number of pyridine rings is 2. The first-order valence-electron chi connectivity index (χ1n) is 8.87. The number of fused-ring (bicyclic) bond motifs is 1. The number of benzene rings is 1. The second-order valence-electron chi connectivity index (χ2n) is 6.70. The Bertz CT molecular complexity index is 1220. The van der Waals surface area contributed by atoms with E-state index in [1.54, 1.807) is 42.2 Å². The Morgan fingerprint density at radius 1 is 1.24 bits per heavy atom. The number of nitrogens with two attached hydrogens (primary N) is 1. The van der Waals surface area contributed by atoms with Crippen molar-refractivity contribution < 1.29 is 13.6 Å². The van der Waals surface area contributed by atoms with Gasteiger partial charge in [0.2, 0.25) is 0 Å². The van der Waals surface area contributed by atoms with Crippen LogP contribution >= 0.6 is 0 Å². The van der Waals surface area contributed by atoms with E-state index in [1.807, 2.05) is 18.3 Å². The van der Waals surface area contributed by atoms with E-state index in [1.165, 1.54) is 6.20 Å². The lowest BCUT2D eigenvalue weighted by atomic mass is 9.98. The Morgan fingerprint density at radius 3 is 2.76 bits per heavy atom. The summed E-state index contributed by atoms with van der Waals surface area (Å²) in [4.78, 5) is 19.9. The number of amides is 1. The summed E-state index contributed by atoms with van der Waals surface area (Å²) >= 11 is 0. The van der Waals surface area contributed by atoms with Gasteiger partial charge in [0.1, 0.15) is 11.4 Å². The Balaban J connectivity index is 1.83. The molecule has 0 aliphatic rings. The molecule has 4 rings (SSSR count). The van der Waals surface area contributed by atoms with E-state index in [4.69, 9.17) is 5.73 Å². The molecule has 1 amide bonds. The van der Waals surface area contributed by atoms with Gasteiger partial charge in [0.15, 0.2) is 0 Å². The van der Waals surface area contributed by atoms with Gasteiger partial charge in [0.25, 0.3) is 12.3 Å². The van der Waals surface area contributed by atoms with Gasteiger partial charge in [-0.3, -0.25) is 14.5 Å². The van der Waals surface area contributed by atoms with Crippen LogP contribution < -0.4 is 5.73 Å². The van der Waals surface area contributed by atoms with Crippen LogP contribution in [0.4, 0.5) is 8.78 Å². The van der Waals surface area contributed by atoms with E-state index in [9.17, 15) is 13.6 Å². The van der Waals surface area contributed by atoms with Gasteiger partial charge < -0.3 is 5.73 Å². The number of halogens is 2. The molecule has 29 heavy (non-hydrogen) atoms. The maximum Gasteiger partial charge on any atom is 0.280 e. The van der Waals surface area contributed by atoms with E-state index in [-0.39, 0.29) is 17.8 Å². The van der Waals surface area contributed by atoms with Crippen molar-refractivity contribution in [1.82, 2.24) is 19.7 Å². The van der Waals surface area contributed by atoms with Crippen molar-refractivity contribution in [3.05, 3.63) is 77.5 Å². The number of aryl methyl sites for hydroxylation is 1. The van der Waals surface area contributed by atoms with Crippen molar-refractivity contribution >= 4 is 16.8 Å². The molecule has 0 saturated heterocycles. The van der Waals surface area contributed by atoms with Crippen LogP contribution in [0, 0.1) is 0 Å². The molecule has 3 heterocycles. The van der Waals surface area contributed by atoms with Crippen LogP contribution in [0.2, 0.25) is 0 Å². The predicted molar refractivity (Wildman–Crippen MR) is 104 cm³/mol. The van der Waals surface area contributed by atoms with E-state index >= 15 is 0 Å². The SMILES string of the molecule is Cn1cc(-c2cc(C(N)=O)nc3cc(Cc4cccnc4C(F)F)ccc23)cn1. The van der Waals surface area contributed by atoms with Crippen molar-refractivity contribution in [2.24, 2.45) is 12.8 Å². The number of rotatable bonds is 5. The first-order chi connectivity index (χ1) is 13.9. The highest BCUT2D eigenvalue weighted by atomic mass is 19.3. The van der Waals surface area contributed by atoms with Crippen molar-refractivity contribution in [2.45, 2.75) is 12.8 Å². The summed E-state index contributed by atoms with van der Waals surface area (Å²) in [6.07, 6.45) is 2.50. The Kier molecular flexibility index (Phi) is 4.75. The normalized spacial score (nSPS) is 11.3. The summed E-state index contributed by atoms with van der Waals surface area (Å²) < 4.78 is 28.1. The van der Waals surface area contributed by atoms with Crippen LogP contribution in [-0.2, 0) is 13.5 Å². The van der Waals surface area contributed by atoms with Crippen LogP contribution in [0.25, 0.3) is 22.0 Å². The van der Waals surface area contributed by atoms with E-state index in [0.717, 1.165) is 22.1 Å². The molecule has 0 saturated carbocycles. The van der Waals surface area contributed by atoms with Gasteiger partial charge in [-0.25, -0.2) is 13.8 Å². The molecule has 4 aromatic rings. The minimum absolute atomic E-state index is 0.128. The van der Waals surface area contributed by atoms with Gasteiger partial charge >= 0.3 is 0 Å². The number of primary amides is 1. The zero-order valence-electron chi connectivity index (χ0n) is 15.5. The van der Waals surface area contributed by atoms with Crippen molar-refractivity contribution in [2.75, 3.05) is 0 Å². The molecular formula is C21H17F2N5O. The summed E-state index contributed by atoms with van der Waals surface area (Å²) in [5.41, 5.74) is 8.73. The highest BCUT2D eigenvalue weighted by Crippen LogP contribution is 2.30. The highest BCUT2D eigenvalue weighted by Gasteiger charge is 2.16.